The predicted octanol–water partition coefficient (Wildman–Crippen LogP) is 2.89. The Morgan fingerprint density at radius 2 is 2.05 bits per heavy atom. The molecule has 6 heteroatoms. The van der Waals surface area contributed by atoms with Gasteiger partial charge in [0.15, 0.2) is 0 Å². The van der Waals surface area contributed by atoms with Gasteiger partial charge in [0.25, 0.3) is 0 Å². The maximum atomic E-state index is 12.1. The lowest BCUT2D eigenvalue weighted by Crippen LogP contribution is -2.39. The van der Waals surface area contributed by atoms with E-state index in [-0.39, 0.29) is 12.1 Å². The van der Waals surface area contributed by atoms with Gasteiger partial charge in [0.2, 0.25) is 5.91 Å². The smallest absolute Gasteiger partial charge is 0.352 e. The van der Waals surface area contributed by atoms with Gasteiger partial charge in [-0.2, -0.15) is 13.2 Å². The second-order valence-corrected chi connectivity index (χ2v) is 5.43. The highest BCUT2D eigenvalue weighted by Crippen LogP contribution is 2.25. The number of hydrogen-bond donors (Lipinski definition) is 1. The van der Waals surface area contributed by atoms with E-state index < -0.39 is 18.5 Å². The normalized spacial score (nSPS) is 21.2. The summed E-state index contributed by atoms with van der Waals surface area (Å²) in [5.41, 5.74) is 1.17. The predicted molar refractivity (Wildman–Crippen MR) is 73.6 cm³/mol. The fourth-order valence-electron chi connectivity index (χ4n) is 2.66. The molecule has 1 aromatic carbocycles. The lowest BCUT2D eigenvalue weighted by atomic mass is 10.1. The molecule has 1 aliphatic heterocycles. The van der Waals surface area contributed by atoms with Crippen molar-refractivity contribution in [2.24, 2.45) is 0 Å². The first kappa shape index (κ1) is 15.8. The van der Waals surface area contributed by atoms with Gasteiger partial charge >= 0.3 is 6.18 Å². The molecular formula is C15H19F3N2O. The lowest BCUT2D eigenvalue weighted by Gasteiger charge is -2.24. The summed E-state index contributed by atoms with van der Waals surface area (Å²) >= 11 is 0. The molecule has 0 unspecified atom stereocenters. The first-order valence-electron chi connectivity index (χ1n) is 7.00. The molecule has 0 aromatic heterocycles. The summed E-state index contributed by atoms with van der Waals surface area (Å²) < 4.78 is 36.4. The summed E-state index contributed by atoms with van der Waals surface area (Å²) in [7, 11) is 0. The minimum absolute atomic E-state index is 0.190. The van der Waals surface area contributed by atoms with Gasteiger partial charge < -0.3 is 5.32 Å². The highest BCUT2D eigenvalue weighted by atomic mass is 19.4. The molecule has 1 aromatic rings. The largest absolute Gasteiger partial charge is 0.397 e. The van der Waals surface area contributed by atoms with E-state index >= 15 is 0 Å². The van der Waals surface area contributed by atoms with Gasteiger partial charge in [-0.05, 0) is 18.9 Å². The summed E-state index contributed by atoms with van der Waals surface area (Å²) in [6.45, 7) is 3.42. The topological polar surface area (TPSA) is 32.3 Å². The Kier molecular flexibility index (Phi) is 4.88. The molecule has 1 aliphatic rings. The average Bonchev–Trinajstić information content (AvgIpc) is 2.85. The van der Waals surface area contributed by atoms with E-state index in [1.54, 1.807) is 0 Å². The average molecular weight is 300 g/mol. The molecule has 2 atom stereocenters. The SMILES string of the molecule is C[C@@H](c1ccccc1)N1CC[C@@H](NC(=O)CC(F)(F)F)C1. The van der Waals surface area contributed by atoms with E-state index in [1.807, 2.05) is 30.3 Å². The van der Waals surface area contributed by atoms with Gasteiger partial charge in [0.1, 0.15) is 6.42 Å². The Balaban J connectivity index is 1.85. The van der Waals surface area contributed by atoms with Crippen molar-refractivity contribution in [1.29, 1.82) is 0 Å². The first-order valence-corrected chi connectivity index (χ1v) is 7.00. The van der Waals surface area contributed by atoms with Crippen molar-refractivity contribution < 1.29 is 18.0 Å². The minimum atomic E-state index is -4.44. The quantitative estimate of drug-likeness (QED) is 0.927. The molecule has 1 amide bonds. The molecular weight excluding hydrogens is 281 g/mol. The van der Waals surface area contributed by atoms with Crippen LogP contribution in [0.4, 0.5) is 13.2 Å². The maximum Gasteiger partial charge on any atom is 0.397 e. The van der Waals surface area contributed by atoms with Crippen LogP contribution in [0.25, 0.3) is 0 Å². The zero-order chi connectivity index (χ0) is 15.5. The van der Waals surface area contributed by atoms with Gasteiger partial charge in [0, 0.05) is 25.2 Å². The monoisotopic (exact) mass is 300 g/mol. The number of carbonyl (C=O) groups is 1. The number of amides is 1. The number of likely N-dealkylation sites (tertiary alicyclic amines) is 1. The number of rotatable bonds is 4. The number of nitrogens with zero attached hydrogens (tertiary/aromatic N) is 1. The molecule has 116 valence electrons. The summed E-state index contributed by atoms with van der Waals surface area (Å²) in [4.78, 5) is 13.5. The number of benzene rings is 1. The van der Waals surface area contributed by atoms with Crippen LogP contribution in [0.2, 0.25) is 0 Å². The number of nitrogens with one attached hydrogen (secondary N) is 1. The molecule has 1 saturated heterocycles. The van der Waals surface area contributed by atoms with Gasteiger partial charge in [-0.3, -0.25) is 9.69 Å². The molecule has 21 heavy (non-hydrogen) atoms. The molecule has 0 radical (unpaired) electrons. The van der Waals surface area contributed by atoms with Crippen LogP contribution in [0.3, 0.4) is 0 Å². The van der Waals surface area contributed by atoms with Crippen molar-refractivity contribution >= 4 is 5.91 Å². The van der Waals surface area contributed by atoms with E-state index in [2.05, 4.69) is 17.1 Å². The fourth-order valence-corrected chi connectivity index (χ4v) is 2.66. The Hall–Kier alpha value is -1.56. The van der Waals surface area contributed by atoms with E-state index in [9.17, 15) is 18.0 Å². The third-order valence-electron chi connectivity index (χ3n) is 3.78. The second kappa shape index (κ2) is 6.47. The van der Waals surface area contributed by atoms with Crippen molar-refractivity contribution in [1.82, 2.24) is 10.2 Å². The summed E-state index contributed by atoms with van der Waals surface area (Å²) in [6.07, 6.45) is -5.17. The number of carbonyl (C=O) groups excluding carboxylic acids is 1. The minimum Gasteiger partial charge on any atom is -0.352 e. The third-order valence-corrected chi connectivity index (χ3v) is 3.78. The van der Waals surface area contributed by atoms with Crippen molar-refractivity contribution in [3.05, 3.63) is 35.9 Å². The van der Waals surface area contributed by atoms with E-state index in [1.165, 1.54) is 5.56 Å². The zero-order valence-electron chi connectivity index (χ0n) is 11.9. The highest BCUT2D eigenvalue weighted by Gasteiger charge is 2.33. The van der Waals surface area contributed by atoms with Crippen molar-refractivity contribution in [2.75, 3.05) is 13.1 Å². The summed E-state index contributed by atoms with van der Waals surface area (Å²) in [5.74, 6) is -0.943. The van der Waals surface area contributed by atoms with E-state index in [0.717, 1.165) is 6.54 Å². The summed E-state index contributed by atoms with van der Waals surface area (Å²) in [5, 5.41) is 2.47. The van der Waals surface area contributed by atoms with Crippen molar-refractivity contribution in [2.45, 2.75) is 38.0 Å². The first-order chi connectivity index (χ1) is 9.85. The standard InChI is InChI=1S/C15H19F3N2O/c1-11(12-5-3-2-4-6-12)20-8-7-13(10-20)19-14(21)9-15(16,17)18/h2-6,11,13H,7-10H2,1H3,(H,19,21)/t11-,13+/m0/s1. The third kappa shape index (κ3) is 4.74. The Labute approximate surface area is 122 Å². The molecule has 1 N–H and O–H groups in total. The van der Waals surface area contributed by atoms with Gasteiger partial charge in [-0.15, -0.1) is 0 Å². The van der Waals surface area contributed by atoms with Crippen LogP contribution in [0, 0.1) is 0 Å². The van der Waals surface area contributed by atoms with Gasteiger partial charge in [0.05, 0.1) is 0 Å². The number of hydrogen-bond acceptors (Lipinski definition) is 2. The number of halogens is 3. The molecule has 1 fully saturated rings. The van der Waals surface area contributed by atoms with Gasteiger partial charge in [-0.25, -0.2) is 0 Å². The maximum absolute atomic E-state index is 12.1. The Bertz CT molecular complexity index is 476. The highest BCUT2D eigenvalue weighted by molar-refractivity contribution is 5.76. The van der Waals surface area contributed by atoms with E-state index in [4.69, 9.17) is 0 Å². The van der Waals surface area contributed by atoms with E-state index in [0.29, 0.717) is 13.0 Å². The molecule has 0 saturated carbocycles. The van der Waals surface area contributed by atoms with Crippen molar-refractivity contribution in [3.63, 3.8) is 0 Å². The molecule has 1 heterocycles. The fraction of sp³-hybridized carbons (Fsp3) is 0.533. The molecule has 0 bridgehead atoms. The number of alkyl halides is 3. The molecule has 0 spiro atoms. The zero-order valence-corrected chi connectivity index (χ0v) is 11.9. The molecule has 0 aliphatic carbocycles. The molecule has 2 rings (SSSR count). The van der Waals surface area contributed by atoms with Crippen LogP contribution < -0.4 is 5.32 Å². The second-order valence-electron chi connectivity index (χ2n) is 5.43. The van der Waals surface area contributed by atoms with Crippen LogP contribution in [-0.2, 0) is 4.79 Å². The Morgan fingerprint density at radius 1 is 1.38 bits per heavy atom. The van der Waals surface area contributed by atoms with Crippen LogP contribution in [0.5, 0.6) is 0 Å². The summed E-state index contributed by atoms with van der Waals surface area (Å²) in [6, 6.07) is 9.91. The molecule has 3 nitrogen and oxygen atoms in total. The lowest BCUT2D eigenvalue weighted by molar-refractivity contribution is -0.154. The van der Waals surface area contributed by atoms with Crippen LogP contribution >= 0.6 is 0 Å². The van der Waals surface area contributed by atoms with Crippen LogP contribution in [0.1, 0.15) is 31.4 Å². The van der Waals surface area contributed by atoms with Gasteiger partial charge in [-0.1, -0.05) is 30.3 Å². The van der Waals surface area contributed by atoms with Crippen LogP contribution in [-0.4, -0.2) is 36.1 Å². The van der Waals surface area contributed by atoms with Crippen LogP contribution in [0.15, 0.2) is 30.3 Å². The Morgan fingerprint density at radius 3 is 2.67 bits per heavy atom. The van der Waals surface area contributed by atoms with Crippen molar-refractivity contribution in [3.8, 4) is 0 Å².